The van der Waals surface area contributed by atoms with Crippen LogP contribution in [0.15, 0.2) is 48.5 Å². The molecule has 0 bridgehead atoms. The van der Waals surface area contributed by atoms with Gasteiger partial charge in [-0.2, -0.15) is 0 Å². The molecule has 6 nitrogen and oxygen atoms in total. The summed E-state index contributed by atoms with van der Waals surface area (Å²) in [6.07, 6.45) is 3.17. The summed E-state index contributed by atoms with van der Waals surface area (Å²) in [5.41, 5.74) is 2.66. The zero-order chi connectivity index (χ0) is 23.0. The number of carbonyl (C=O) groups excluding carboxylic acids is 1. The summed E-state index contributed by atoms with van der Waals surface area (Å²) in [5.74, 6) is 0.551. The first-order valence-corrected chi connectivity index (χ1v) is 12.6. The number of nitrogens with one attached hydrogen (secondary N) is 1. The van der Waals surface area contributed by atoms with Crippen LogP contribution in [0.2, 0.25) is 0 Å². The van der Waals surface area contributed by atoms with Gasteiger partial charge in [0.15, 0.2) is 0 Å². The van der Waals surface area contributed by atoms with E-state index in [-0.39, 0.29) is 12.0 Å². The van der Waals surface area contributed by atoms with Crippen molar-refractivity contribution in [1.82, 2.24) is 5.32 Å². The minimum atomic E-state index is -3.62. The van der Waals surface area contributed by atoms with Gasteiger partial charge >= 0.3 is 0 Å². The molecule has 0 saturated carbocycles. The summed E-state index contributed by atoms with van der Waals surface area (Å²) in [5, 5.41) is 2.91. The van der Waals surface area contributed by atoms with Crippen molar-refractivity contribution in [3.05, 3.63) is 59.7 Å². The van der Waals surface area contributed by atoms with Crippen LogP contribution in [0.5, 0.6) is 5.75 Å². The summed E-state index contributed by atoms with van der Waals surface area (Å²) >= 11 is 0. The number of hydrogen-bond acceptors (Lipinski definition) is 4. The molecule has 0 spiro atoms. The van der Waals surface area contributed by atoms with Gasteiger partial charge in [0.1, 0.15) is 11.8 Å². The summed E-state index contributed by atoms with van der Waals surface area (Å²) in [6.45, 7) is 8.20. The van der Waals surface area contributed by atoms with Crippen molar-refractivity contribution in [1.29, 1.82) is 0 Å². The standard InChI is InChI=1S/C24H34N2O4S/c1-6-23(26(31(5,28)29)21-14-12-19(4)13-15-21)24(27)25-16-8-10-20-9-7-11-22(17-20)30-18(2)3/h7,9,11-15,17-18,23H,6,8,10,16H2,1-5H3,(H,25,27). The van der Waals surface area contributed by atoms with Crippen LogP contribution in [0, 0.1) is 6.92 Å². The van der Waals surface area contributed by atoms with E-state index in [4.69, 9.17) is 4.74 Å². The number of carbonyl (C=O) groups is 1. The Kier molecular flexibility index (Phi) is 8.92. The topological polar surface area (TPSA) is 75.7 Å². The molecule has 1 N–H and O–H groups in total. The van der Waals surface area contributed by atoms with E-state index in [1.165, 1.54) is 4.31 Å². The fourth-order valence-electron chi connectivity index (χ4n) is 3.42. The SMILES string of the molecule is CCC(C(=O)NCCCc1cccc(OC(C)C)c1)N(c1ccc(C)cc1)S(C)(=O)=O. The third kappa shape index (κ3) is 7.58. The molecule has 2 aromatic carbocycles. The van der Waals surface area contributed by atoms with E-state index in [2.05, 4.69) is 5.32 Å². The number of anilines is 1. The number of benzene rings is 2. The van der Waals surface area contributed by atoms with Crippen LogP contribution in [0.1, 0.15) is 44.7 Å². The number of amides is 1. The lowest BCUT2D eigenvalue weighted by molar-refractivity contribution is -0.122. The number of hydrogen-bond donors (Lipinski definition) is 1. The fourth-order valence-corrected chi connectivity index (χ4v) is 4.63. The maximum Gasteiger partial charge on any atom is 0.243 e. The van der Waals surface area contributed by atoms with Crippen LogP contribution in [0.3, 0.4) is 0 Å². The Hall–Kier alpha value is -2.54. The molecule has 0 radical (unpaired) electrons. The van der Waals surface area contributed by atoms with E-state index in [0.29, 0.717) is 18.7 Å². The van der Waals surface area contributed by atoms with Crippen molar-refractivity contribution >= 4 is 21.6 Å². The van der Waals surface area contributed by atoms with Gasteiger partial charge in [0.25, 0.3) is 0 Å². The van der Waals surface area contributed by atoms with Gasteiger partial charge in [-0.3, -0.25) is 9.10 Å². The molecule has 0 aromatic heterocycles. The molecule has 0 aliphatic carbocycles. The molecule has 2 rings (SSSR count). The number of rotatable bonds is 11. The Morgan fingerprint density at radius 1 is 1.13 bits per heavy atom. The second kappa shape index (κ2) is 11.2. The average Bonchev–Trinajstić information content (AvgIpc) is 2.69. The third-order valence-corrected chi connectivity index (χ3v) is 6.01. The Bertz CT molecular complexity index is 956. The van der Waals surface area contributed by atoms with E-state index >= 15 is 0 Å². The average molecular weight is 447 g/mol. The van der Waals surface area contributed by atoms with Crippen molar-refractivity contribution < 1.29 is 17.9 Å². The van der Waals surface area contributed by atoms with E-state index in [9.17, 15) is 13.2 Å². The van der Waals surface area contributed by atoms with Crippen LogP contribution in [0.4, 0.5) is 5.69 Å². The molecular formula is C24H34N2O4S. The van der Waals surface area contributed by atoms with Crippen molar-refractivity contribution in [2.75, 3.05) is 17.1 Å². The highest BCUT2D eigenvalue weighted by atomic mass is 32.2. The van der Waals surface area contributed by atoms with Crippen molar-refractivity contribution in [3.8, 4) is 5.75 Å². The minimum Gasteiger partial charge on any atom is -0.491 e. The van der Waals surface area contributed by atoms with Crippen LogP contribution >= 0.6 is 0 Å². The predicted molar refractivity (Wildman–Crippen MR) is 126 cm³/mol. The second-order valence-corrected chi connectivity index (χ2v) is 9.89. The van der Waals surface area contributed by atoms with Gasteiger partial charge in [-0.25, -0.2) is 8.42 Å². The summed E-state index contributed by atoms with van der Waals surface area (Å²) < 4.78 is 31.9. The maximum absolute atomic E-state index is 12.9. The monoisotopic (exact) mass is 446 g/mol. The van der Waals surface area contributed by atoms with Crippen LogP contribution in [-0.4, -0.2) is 39.3 Å². The zero-order valence-corrected chi connectivity index (χ0v) is 19.9. The van der Waals surface area contributed by atoms with Gasteiger partial charge in [0.05, 0.1) is 18.0 Å². The number of aryl methyl sites for hydroxylation is 2. The number of ether oxygens (including phenoxy) is 1. The molecule has 170 valence electrons. The zero-order valence-electron chi connectivity index (χ0n) is 19.1. The first-order chi connectivity index (χ1) is 14.6. The minimum absolute atomic E-state index is 0.117. The van der Waals surface area contributed by atoms with Gasteiger partial charge in [0, 0.05) is 6.54 Å². The molecule has 1 atom stereocenters. The van der Waals surface area contributed by atoms with Crippen LogP contribution < -0.4 is 14.4 Å². The lowest BCUT2D eigenvalue weighted by Crippen LogP contribution is -2.49. The molecule has 0 heterocycles. The second-order valence-electron chi connectivity index (χ2n) is 8.03. The maximum atomic E-state index is 12.9. The largest absolute Gasteiger partial charge is 0.491 e. The molecule has 1 amide bonds. The van der Waals surface area contributed by atoms with Gasteiger partial charge in [-0.05, 0) is 69.9 Å². The Balaban J connectivity index is 1.99. The number of nitrogens with zero attached hydrogens (tertiary/aromatic N) is 1. The Morgan fingerprint density at radius 3 is 2.39 bits per heavy atom. The Morgan fingerprint density at radius 2 is 1.81 bits per heavy atom. The molecule has 1 unspecified atom stereocenters. The van der Waals surface area contributed by atoms with Crippen LogP contribution in [0.25, 0.3) is 0 Å². The van der Waals surface area contributed by atoms with Gasteiger partial charge in [0.2, 0.25) is 15.9 Å². The molecule has 0 saturated heterocycles. The highest BCUT2D eigenvalue weighted by molar-refractivity contribution is 7.92. The molecule has 0 fully saturated rings. The van der Waals surface area contributed by atoms with E-state index in [0.717, 1.165) is 36.0 Å². The Labute approximate surface area is 186 Å². The third-order valence-electron chi connectivity index (χ3n) is 4.83. The van der Waals surface area contributed by atoms with Gasteiger partial charge < -0.3 is 10.1 Å². The fraction of sp³-hybridized carbons (Fsp3) is 0.458. The van der Waals surface area contributed by atoms with E-state index in [1.807, 2.05) is 64.1 Å². The highest BCUT2D eigenvalue weighted by Crippen LogP contribution is 2.23. The molecule has 7 heteroatoms. The quantitative estimate of drug-likeness (QED) is 0.528. The smallest absolute Gasteiger partial charge is 0.243 e. The van der Waals surface area contributed by atoms with Crippen molar-refractivity contribution in [2.45, 2.75) is 59.1 Å². The van der Waals surface area contributed by atoms with E-state index < -0.39 is 16.1 Å². The predicted octanol–water partition coefficient (Wildman–Crippen LogP) is 4.08. The number of sulfonamides is 1. The lowest BCUT2D eigenvalue weighted by atomic mass is 10.1. The summed E-state index contributed by atoms with van der Waals surface area (Å²) in [6, 6.07) is 14.3. The van der Waals surface area contributed by atoms with Crippen molar-refractivity contribution in [3.63, 3.8) is 0 Å². The molecule has 0 aliphatic rings. The van der Waals surface area contributed by atoms with Gasteiger partial charge in [-0.1, -0.05) is 36.8 Å². The first-order valence-electron chi connectivity index (χ1n) is 10.7. The van der Waals surface area contributed by atoms with Crippen LogP contribution in [-0.2, 0) is 21.2 Å². The molecule has 0 aliphatic heterocycles. The lowest BCUT2D eigenvalue weighted by Gasteiger charge is -2.30. The summed E-state index contributed by atoms with van der Waals surface area (Å²) in [4.78, 5) is 12.9. The normalized spacial score (nSPS) is 12.5. The first kappa shape index (κ1) is 24.7. The summed E-state index contributed by atoms with van der Waals surface area (Å²) in [7, 11) is -3.62. The van der Waals surface area contributed by atoms with Gasteiger partial charge in [-0.15, -0.1) is 0 Å². The highest BCUT2D eigenvalue weighted by Gasteiger charge is 2.31. The van der Waals surface area contributed by atoms with E-state index in [1.54, 1.807) is 12.1 Å². The molecule has 2 aromatic rings. The molecular weight excluding hydrogens is 412 g/mol. The molecule has 31 heavy (non-hydrogen) atoms. The van der Waals surface area contributed by atoms with Crippen molar-refractivity contribution in [2.24, 2.45) is 0 Å².